The highest BCUT2D eigenvalue weighted by Crippen LogP contribution is 2.23. The lowest BCUT2D eigenvalue weighted by molar-refractivity contribution is 0.0693. The van der Waals surface area contributed by atoms with Gasteiger partial charge in [-0.3, -0.25) is 0 Å². The monoisotopic (exact) mass is 380 g/mol. The highest BCUT2D eigenvalue weighted by atomic mass is 32.2. The molecule has 0 atom stereocenters. The van der Waals surface area contributed by atoms with E-state index in [1.165, 1.54) is 24.3 Å². The summed E-state index contributed by atoms with van der Waals surface area (Å²) in [6, 6.07) is 9.81. The Morgan fingerprint density at radius 2 is 1.69 bits per heavy atom. The second kappa shape index (κ2) is 8.09. The van der Waals surface area contributed by atoms with Crippen LogP contribution in [0.1, 0.15) is 24.2 Å². The molecule has 2 aromatic carbocycles. The molecule has 0 bridgehead atoms. The first-order chi connectivity index (χ1) is 12.2. The maximum absolute atomic E-state index is 12.3. The number of carboxylic acids is 1. The molecule has 0 spiro atoms. The first kappa shape index (κ1) is 19.6. The van der Waals surface area contributed by atoms with E-state index in [2.05, 4.69) is 0 Å². The van der Waals surface area contributed by atoms with Gasteiger partial charge in [0.1, 0.15) is 29.4 Å². The summed E-state index contributed by atoms with van der Waals surface area (Å²) < 4.78 is 35.4. The van der Waals surface area contributed by atoms with Crippen LogP contribution in [0.25, 0.3) is 0 Å². The summed E-state index contributed by atoms with van der Waals surface area (Å²) >= 11 is 0. The van der Waals surface area contributed by atoms with Gasteiger partial charge in [0.25, 0.3) is 0 Å². The number of hydrogen-bond donors (Lipinski definition) is 2. The number of carboxylic acid groups (broad SMARTS) is 1. The number of aromatic hydroxyl groups is 1. The Balaban J connectivity index is 2.00. The second-order valence-corrected chi connectivity index (χ2v) is 7.90. The molecule has 0 amide bonds. The molecule has 26 heavy (non-hydrogen) atoms. The Morgan fingerprint density at radius 1 is 1.08 bits per heavy atom. The van der Waals surface area contributed by atoms with Crippen LogP contribution in [0.5, 0.6) is 17.2 Å². The summed E-state index contributed by atoms with van der Waals surface area (Å²) in [5, 5.41) is 18.4. The zero-order valence-electron chi connectivity index (χ0n) is 14.4. The Labute approximate surface area is 151 Å². The molecular formula is C18H20O7S. The molecule has 0 aliphatic heterocycles. The molecule has 0 saturated heterocycles. The van der Waals surface area contributed by atoms with Crippen LogP contribution in [0, 0.1) is 0 Å². The van der Waals surface area contributed by atoms with Crippen molar-refractivity contribution in [3.05, 3.63) is 48.0 Å². The van der Waals surface area contributed by atoms with Crippen LogP contribution in [0.4, 0.5) is 0 Å². The molecule has 0 unspecified atom stereocenters. The molecule has 0 radical (unpaired) electrons. The number of sulfone groups is 1. The number of benzene rings is 2. The van der Waals surface area contributed by atoms with E-state index in [9.17, 15) is 18.3 Å². The van der Waals surface area contributed by atoms with Crippen molar-refractivity contribution < 1.29 is 32.9 Å². The van der Waals surface area contributed by atoms with Crippen LogP contribution in [0.2, 0.25) is 0 Å². The third-order valence-electron chi connectivity index (χ3n) is 3.37. The Hall–Kier alpha value is -2.74. The fraction of sp³-hybridized carbons (Fsp3) is 0.278. The molecule has 2 N–H and O–H groups in total. The van der Waals surface area contributed by atoms with Gasteiger partial charge in [-0.05, 0) is 56.3 Å². The van der Waals surface area contributed by atoms with E-state index in [4.69, 9.17) is 14.6 Å². The Morgan fingerprint density at radius 3 is 2.27 bits per heavy atom. The summed E-state index contributed by atoms with van der Waals surface area (Å²) in [7, 11) is -3.56. The average molecular weight is 380 g/mol. The van der Waals surface area contributed by atoms with Gasteiger partial charge in [0.2, 0.25) is 0 Å². The summed E-state index contributed by atoms with van der Waals surface area (Å²) in [4.78, 5) is 11.1. The SMILES string of the molecule is CC(C)Oc1ccc(S(=O)(=O)CCOc2ccc(O)c(C(=O)O)c2)cc1. The van der Waals surface area contributed by atoms with Gasteiger partial charge in [0.05, 0.1) is 16.8 Å². The topological polar surface area (TPSA) is 110 Å². The third kappa shape index (κ3) is 5.13. The van der Waals surface area contributed by atoms with Crippen molar-refractivity contribution >= 4 is 15.8 Å². The predicted molar refractivity (Wildman–Crippen MR) is 94.8 cm³/mol. The Kier molecular flexibility index (Phi) is 6.10. The lowest BCUT2D eigenvalue weighted by Crippen LogP contribution is -2.14. The second-order valence-electron chi connectivity index (χ2n) is 5.79. The first-order valence-electron chi connectivity index (χ1n) is 7.87. The van der Waals surface area contributed by atoms with Crippen molar-refractivity contribution in [3.8, 4) is 17.2 Å². The molecule has 2 aromatic rings. The molecule has 0 aromatic heterocycles. The van der Waals surface area contributed by atoms with Gasteiger partial charge in [-0.25, -0.2) is 13.2 Å². The predicted octanol–water partition coefficient (Wildman–Crippen LogP) is 2.73. The molecule has 0 aliphatic rings. The largest absolute Gasteiger partial charge is 0.507 e. The van der Waals surface area contributed by atoms with Crippen LogP contribution in [0.15, 0.2) is 47.4 Å². The van der Waals surface area contributed by atoms with Gasteiger partial charge in [-0.15, -0.1) is 0 Å². The first-order valence-corrected chi connectivity index (χ1v) is 9.53. The van der Waals surface area contributed by atoms with E-state index in [0.29, 0.717) is 5.75 Å². The van der Waals surface area contributed by atoms with Gasteiger partial charge >= 0.3 is 5.97 Å². The normalized spacial score (nSPS) is 11.3. The molecule has 140 valence electrons. The van der Waals surface area contributed by atoms with E-state index in [-0.39, 0.29) is 40.4 Å². The van der Waals surface area contributed by atoms with Crippen molar-refractivity contribution in [2.24, 2.45) is 0 Å². The third-order valence-corrected chi connectivity index (χ3v) is 5.07. The quantitative estimate of drug-likeness (QED) is 0.724. The molecule has 2 rings (SSSR count). The molecule has 0 aliphatic carbocycles. The number of phenols is 1. The summed E-state index contributed by atoms with van der Waals surface area (Å²) in [6.45, 7) is 3.60. The minimum absolute atomic E-state index is 0.00754. The molecule has 0 saturated carbocycles. The lowest BCUT2D eigenvalue weighted by Gasteiger charge is -2.11. The highest BCUT2D eigenvalue weighted by molar-refractivity contribution is 7.91. The molecule has 8 heteroatoms. The number of hydrogen-bond acceptors (Lipinski definition) is 6. The van der Waals surface area contributed by atoms with Gasteiger partial charge in [-0.2, -0.15) is 0 Å². The average Bonchev–Trinajstić information content (AvgIpc) is 2.56. The summed E-state index contributed by atoms with van der Waals surface area (Å²) in [6.07, 6.45) is -0.00754. The fourth-order valence-electron chi connectivity index (χ4n) is 2.16. The van der Waals surface area contributed by atoms with Crippen molar-refractivity contribution in [3.63, 3.8) is 0 Å². The van der Waals surface area contributed by atoms with Crippen molar-refractivity contribution in [2.75, 3.05) is 12.4 Å². The number of aromatic carboxylic acids is 1. The van der Waals surface area contributed by atoms with Crippen molar-refractivity contribution in [2.45, 2.75) is 24.8 Å². The van der Waals surface area contributed by atoms with Crippen molar-refractivity contribution in [1.82, 2.24) is 0 Å². The van der Waals surface area contributed by atoms with Gasteiger partial charge in [0, 0.05) is 0 Å². The number of rotatable bonds is 8. The lowest BCUT2D eigenvalue weighted by atomic mass is 10.2. The molecule has 0 heterocycles. The van der Waals surface area contributed by atoms with Crippen molar-refractivity contribution in [1.29, 1.82) is 0 Å². The van der Waals surface area contributed by atoms with Gasteiger partial charge < -0.3 is 19.7 Å². The maximum atomic E-state index is 12.3. The summed E-state index contributed by atoms with van der Waals surface area (Å²) in [5.41, 5.74) is -0.314. The highest BCUT2D eigenvalue weighted by Gasteiger charge is 2.16. The van der Waals surface area contributed by atoms with Crippen LogP contribution in [-0.4, -0.2) is 43.1 Å². The molecular weight excluding hydrogens is 360 g/mol. The zero-order chi connectivity index (χ0) is 19.3. The van der Waals surface area contributed by atoms with E-state index >= 15 is 0 Å². The standard InChI is InChI=1S/C18H20O7S/c1-12(2)25-13-3-6-15(7-4-13)26(22,23)10-9-24-14-5-8-17(19)16(11-14)18(20)21/h3-8,11-12,19H,9-10H2,1-2H3,(H,20,21). The summed E-state index contributed by atoms with van der Waals surface area (Å²) in [5.74, 6) is -1.22. The smallest absolute Gasteiger partial charge is 0.339 e. The van der Waals surface area contributed by atoms with E-state index in [1.807, 2.05) is 13.8 Å². The van der Waals surface area contributed by atoms with Gasteiger partial charge in [-0.1, -0.05) is 0 Å². The molecule has 0 fully saturated rings. The zero-order valence-corrected chi connectivity index (χ0v) is 15.2. The molecule has 7 nitrogen and oxygen atoms in total. The van der Waals surface area contributed by atoms with Crippen LogP contribution < -0.4 is 9.47 Å². The van der Waals surface area contributed by atoms with Crippen LogP contribution in [0.3, 0.4) is 0 Å². The van der Waals surface area contributed by atoms with Crippen LogP contribution >= 0.6 is 0 Å². The van der Waals surface area contributed by atoms with E-state index in [1.54, 1.807) is 12.1 Å². The number of carbonyl (C=O) groups is 1. The number of ether oxygens (including phenoxy) is 2. The van der Waals surface area contributed by atoms with Crippen LogP contribution in [-0.2, 0) is 9.84 Å². The van der Waals surface area contributed by atoms with Gasteiger partial charge in [0.15, 0.2) is 9.84 Å². The van der Waals surface area contributed by atoms with E-state index < -0.39 is 15.8 Å². The maximum Gasteiger partial charge on any atom is 0.339 e. The minimum atomic E-state index is -3.56. The fourth-order valence-corrected chi connectivity index (χ4v) is 3.25. The Bertz CT molecular complexity index is 871. The minimum Gasteiger partial charge on any atom is -0.507 e. The van der Waals surface area contributed by atoms with E-state index in [0.717, 1.165) is 6.07 Å².